The predicted molar refractivity (Wildman–Crippen MR) is 343 cm³/mol. The summed E-state index contributed by atoms with van der Waals surface area (Å²) in [4.78, 5) is 26.6. The molecule has 1 fully saturated rings. The van der Waals surface area contributed by atoms with Crippen molar-refractivity contribution < 1.29 is 49.3 Å². The van der Waals surface area contributed by atoms with E-state index in [9.17, 15) is 35.1 Å². The first-order chi connectivity index (χ1) is 40.2. The Morgan fingerprint density at radius 2 is 0.841 bits per heavy atom. The van der Waals surface area contributed by atoms with Crippen LogP contribution in [0.15, 0.2) is 72.9 Å². The summed E-state index contributed by atoms with van der Waals surface area (Å²) in [6.07, 6.45) is 65.1. The van der Waals surface area contributed by atoms with Gasteiger partial charge in [0.05, 0.1) is 25.4 Å². The highest BCUT2D eigenvalue weighted by Gasteiger charge is 2.47. The molecule has 1 rings (SSSR count). The summed E-state index contributed by atoms with van der Waals surface area (Å²) in [6.45, 7) is 5.74. The van der Waals surface area contributed by atoms with Gasteiger partial charge in [-0.1, -0.05) is 273 Å². The molecule has 0 saturated carbocycles. The van der Waals surface area contributed by atoms with Crippen LogP contribution in [0.2, 0.25) is 0 Å². The monoisotopic (exact) mass is 1150 g/mol. The van der Waals surface area contributed by atoms with Crippen LogP contribution in [0, 0.1) is 0 Å². The van der Waals surface area contributed by atoms with E-state index >= 15 is 0 Å². The second kappa shape index (κ2) is 58.5. The van der Waals surface area contributed by atoms with Crippen molar-refractivity contribution in [2.24, 2.45) is 0 Å². The topological polar surface area (TPSA) is 175 Å². The van der Waals surface area contributed by atoms with E-state index in [4.69, 9.17) is 14.2 Å². The summed E-state index contributed by atoms with van der Waals surface area (Å²) >= 11 is 0. The SMILES string of the molecule is CCCCC/C=C\C/C=C\C/C=C\CCCCCC(O)C(=O)NC(COC1OC(CO)C(O)C(O)C1OC(=O)CCCCCCCCCCCCCCCCC/C=C\C/C=C\CCCCC)C(O)/C=C/CCCCCCCCCCCC. The molecule has 1 heterocycles. The molecular formula is C71H127NO10. The molecule has 11 heteroatoms. The van der Waals surface area contributed by atoms with Crippen molar-refractivity contribution in [3.63, 3.8) is 0 Å². The van der Waals surface area contributed by atoms with E-state index in [1.807, 2.05) is 6.08 Å². The van der Waals surface area contributed by atoms with Crippen LogP contribution in [0.3, 0.4) is 0 Å². The number of aliphatic hydroxyl groups excluding tert-OH is 5. The molecule has 0 aromatic rings. The molecule has 1 saturated heterocycles. The summed E-state index contributed by atoms with van der Waals surface area (Å²) < 4.78 is 17.7. The third-order valence-corrected chi connectivity index (χ3v) is 15.8. The number of carbonyl (C=O) groups is 2. The number of aliphatic hydroxyl groups is 5. The fourth-order valence-electron chi connectivity index (χ4n) is 10.4. The minimum atomic E-state index is -1.62. The van der Waals surface area contributed by atoms with Crippen molar-refractivity contribution in [3.05, 3.63) is 72.9 Å². The third-order valence-electron chi connectivity index (χ3n) is 15.8. The van der Waals surface area contributed by atoms with Gasteiger partial charge in [0.1, 0.15) is 24.4 Å². The van der Waals surface area contributed by atoms with Gasteiger partial charge in [-0.2, -0.15) is 0 Å². The van der Waals surface area contributed by atoms with Gasteiger partial charge in [-0.3, -0.25) is 9.59 Å². The van der Waals surface area contributed by atoms with Crippen LogP contribution in [0.5, 0.6) is 0 Å². The van der Waals surface area contributed by atoms with Crippen LogP contribution in [0.25, 0.3) is 0 Å². The van der Waals surface area contributed by atoms with Crippen molar-refractivity contribution in [2.45, 2.75) is 352 Å². The van der Waals surface area contributed by atoms with Crippen LogP contribution < -0.4 is 5.32 Å². The van der Waals surface area contributed by atoms with Gasteiger partial charge in [-0.15, -0.1) is 0 Å². The van der Waals surface area contributed by atoms with E-state index < -0.39 is 67.4 Å². The lowest BCUT2D eigenvalue weighted by molar-refractivity contribution is -0.305. The molecule has 1 aliphatic rings. The Morgan fingerprint density at radius 1 is 0.476 bits per heavy atom. The Hall–Kier alpha value is -2.90. The molecule has 6 N–H and O–H groups in total. The Balaban J connectivity index is 2.59. The molecule has 11 nitrogen and oxygen atoms in total. The van der Waals surface area contributed by atoms with E-state index in [0.29, 0.717) is 12.8 Å². The summed E-state index contributed by atoms with van der Waals surface area (Å²) in [7, 11) is 0. The maximum Gasteiger partial charge on any atom is 0.306 e. The maximum absolute atomic E-state index is 13.4. The van der Waals surface area contributed by atoms with E-state index in [1.54, 1.807) is 6.08 Å². The van der Waals surface area contributed by atoms with Gasteiger partial charge in [0, 0.05) is 6.42 Å². The average Bonchev–Trinajstić information content (AvgIpc) is 3.68. The van der Waals surface area contributed by atoms with Crippen LogP contribution in [0.4, 0.5) is 0 Å². The molecule has 0 radical (unpaired) electrons. The van der Waals surface area contributed by atoms with Crippen molar-refractivity contribution in [1.29, 1.82) is 0 Å². The van der Waals surface area contributed by atoms with Crippen molar-refractivity contribution in [2.75, 3.05) is 13.2 Å². The van der Waals surface area contributed by atoms with Crippen LogP contribution in [-0.4, -0.2) is 99.6 Å². The lowest BCUT2D eigenvalue weighted by Crippen LogP contribution is -2.61. The van der Waals surface area contributed by atoms with E-state index in [0.717, 1.165) is 83.5 Å². The molecule has 0 aromatic carbocycles. The van der Waals surface area contributed by atoms with Gasteiger partial charge >= 0.3 is 5.97 Å². The molecule has 476 valence electrons. The standard InChI is InChI=1S/C71H127NO10/c1-4-7-10-13-16-19-22-25-27-29-30-31-32-33-34-35-36-37-39-41-44-47-50-53-56-59-66(76)82-69-68(78)67(77)65(60-73)81-71(69)80-61-62(63(74)57-54-51-48-45-42-24-21-18-15-12-9-6-3)72-70(79)64(75)58-55-52-49-46-43-40-38-28-26-23-20-17-14-11-8-5-2/h16-17,19-20,25-28,40,43,54,57,62-65,67-69,71,73-75,77-78H,4-15,18,21-24,29-39,41-42,44-53,55-56,58-61H2,1-3H3,(H,72,79)/b19-16-,20-17-,27-25-,28-26-,43-40-,57-54+. The summed E-state index contributed by atoms with van der Waals surface area (Å²) in [5.74, 6) is -1.21. The molecule has 1 amide bonds. The number of hydrogen-bond acceptors (Lipinski definition) is 10. The van der Waals surface area contributed by atoms with Crippen LogP contribution >= 0.6 is 0 Å². The summed E-state index contributed by atoms with van der Waals surface area (Å²) in [5.41, 5.74) is 0. The molecule has 8 unspecified atom stereocenters. The summed E-state index contributed by atoms with van der Waals surface area (Å²) in [6, 6.07) is -1.04. The Labute approximate surface area is 502 Å². The molecule has 82 heavy (non-hydrogen) atoms. The Morgan fingerprint density at radius 3 is 1.28 bits per heavy atom. The molecule has 8 atom stereocenters. The highest BCUT2D eigenvalue weighted by atomic mass is 16.7. The number of esters is 1. The van der Waals surface area contributed by atoms with Gasteiger partial charge < -0.3 is 45.1 Å². The smallest absolute Gasteiger partial charge is 0.306 e. The lowest BCUT2D eigenvalue weighted by atomic mass is 9.99. The first-order valence-electron chi connectivity index (χ1n) is 34.2. The van der Waals surface area contributed by atoms with Crippen molar-refractivity contribution in [3.8, 4) is 0 Å². The second-order valence-corrected chi connectivity index (χ2v) is 23.6. The highest BCUT2D eigenvalue weighted by Crippen LogP contribution is 2.26. The molecule has 0 aromatic heterocycles. The van der Waals surface area contributed by atoms with Crippen molar-refractivity contribution in [1.82, 2.24) is 5.32 Å². The lowest BCUT2D eigenvalue weighted by Gasteiger charge is -2.41. The molecule has 0 aliphatic carbocycles. The van der Waals surface area contributed by atoms with Gasteiger partial charge in [0.15, 0.2) is 12.4 Å². The van der Waals surface area contributed by atoms with Gasteiger partial charge in [0.2, 0.25) is 5.91 Å². The maximum atomic E-state index is 13.4. The number of unbranched alkanes of at least 4 members (excludes halogenated alkanes) is 34. The van der Waals surface area contributed by atoms with E-state index in [-0.39, 0.29) is 19.4 Å². The largest absolute Gasteiger partial charge is 0.454 e. The normalized spacial score (nSPS) is 19.0. The predicted octanol–water partition coefficient (Wildman–Crippen LogP) is 17.1. The fraction of sp³-hybridized carbons (Fsp3) is 0.803. The number of allylic oxidation sites excluding steroid dienone is 11. The van der Waals surface area contributed by atoms with Crippen molar-refractivity contribution >= 4 is 11.9 Å². The molecule has 0 bridgehead atoms. The number of nitrogens with one attached hydrogen (secondary N) is 1. The van der Waals surface area contributed by atoms with Gasteiger partial charge in [-0.05, 0) is 96.3 Å². The Kier molecular flexibility index (Phi) is 55.0. The minimum absolute atomic E-state index is 0.120. The quantitative estimate of drug-likeness (QED) is 0.0195. The second-order valence-electron chi connectivity index (χ2n) is 23.6. The number of amides is 1. The number of ether oxygens (including phenoxy) is 3. The van der Waals surface area contributed by atoms with E-state index in [2.05, 4.69) is 86.8 Å². The average molecular weight is 1150 g/mol. The van der Waals surface area contributed by atoms with E-state index in [1.165, 1.54) is 173 Å². The fourth-order valence-corrected chi connectivity index (χ4v) is 10.4. The first-order valence-corrected chi connectivity index (χ1v) is 34.2. The zero-order valence-corrected chi connectivity index (χ0v) is 52.9. The van der Waals surface area contributed by atoms with Gasteiger partial charge in [-0.25, -0.2) is 0 Å². The molecule has 0 spiro atoms. The number of carbonyl (C=O) groups excluding carboxylic acids is 2. The minimum Gasteiger partial charge on any atom is -0.454 e. The highest BCUT2D eigenvalue weighted by molar-refractivity contribution is 5.80. The van der Waals surface area contributed by atoms with Crippen LogP contribution in [0.1, 0.15) is 303 Å². The molecule has 1 aliphatic heterocycles. The Bertz CT molecular complexity index is 1610. The summed E-state index contributed by atoms with van der Waals surface area (Å²) in [5, 5.41) is 57.1. The number of rotatable bonds is 58. The first kappa shape index (κ1) is 77.1. The van der Waals surface area contributed by atoms with Crippen LogP contribution in [-0.2, 0) is 23.8 Å². The zero-order valence-electron chi connectivity index (χ0n) is 52.9. The van der Waals surface area contributed by atoms with Gasteiger partial charge in [0.25, 0.3) is 0 Å². The molecular weight excluding hydrogens is 1030 g/mol. The zero-order chi connectivity index (χ0) is 59.6. The number of hydrogen-bond donors (Lipinski definition) is 6. The third kappa shape index (κ3) is 45.5.